The van der Waals surface area contributed by atoms with E-state index >= 15 is 0 Å². The van der Waals surface area contributed by atoms with E-state index in [-0.39, 0.29) is 36.0 Å². The molecular formula is C22H34N2O6S. The van der Waals surface area contributed by atoms with Crippen LogP contribution >= 0.6 is 0 Å². The monoisotopic (exact) mass is 454 g/mol. The highest BCUT2D eigenvalue weighted by molar-refractivity contribution is 7.89. The van der Waals surface area contributed by atoms with Gasteiger partial charge in [0.2, 0.25) is 10.0 Å². The molecule has 9 heteroatoms. The SMILES string of the molecule is COCC(C)NC(=O)COC(=O)C1CCN(S(=O)(=O)c2ccc(C(C)(C)C)cc2)CC1. The third-order valence-corrected chi connectivity index (χ3v) is 7.23. The normalized spacial score (nSPS) is 17.2. The molecule has 1 atom stereocenters. The molecule has 31 heavy (non-hydrogen) atoms. The average Bonchev–Trinajstić information content (AvgIpc) is 2.71. The Morgan fingerprint density at radius 3 is 2.26 bits per heavy atom. The predicted octanol–water partition coefficient (Wildman–Crippen LogP) is 2.08. The van der Waals surface area contributed by atoms with Crippen LogP contribution < -0.4 is 5.32 Å². The number of benzene rings is 1. The van der Waals surface area contributed by atoms with E-state index in [0.717, 1.165) is 5.56 Å². The molecule has 0 aromatic heterocycles. The van der Waals surface area contributed by atoms with E-state index < -0.39 is 27.8 Å². The first-order valence-electron chi connectivity index (χ1n) is 10.5. The maximum absolute atomic E-state index is 12.9. The van der Waals surface area contributed by atoms with Gasteiger partial charge in [-0.3, -0.25) is 9.59 Å². The first kappa shape index (κ1) is 25.3. The number of carbonyl (C=O) groups is 2. The van der Waals surface area contributed by atoms with Crippen molar-refractivity contribution < 1.29 is 27.5 Å². The molecule has 0 radical (unpaired) electrons. The molecule has 1 amide bonds. The van der Waals surface area contributed by atoms with Gasteiger partial charge < -0.3 is 14.8 Å². The van der Waals surface area contributed by atoms with Gasteiger partial charge in [-0.15, -0.1) is 0 Å². The van der Waals surface area contributed by atoms with Crippen LogP contribution in [-0.4, -0.2) is 64.1 Å². The summed E-state index contributed by atoms with van der Waals surface area (Å²) in [4.78, 5) is 24.3. The molecule has 2 rings (SSSR count). The fourth-order valence-electron chi connectivity index (χ4n) is 3.47. The molecule has 8 nitrogen and oxygen atoms in total. The first-order chi connectivity index (χ1) is 14.4. The van der Waals surface area contributed by atoms with Crippen LogP contribution in [-0.2, 0) is 34.5 Å². The van der Waals surface area contributed by atoms with Gasteiger partial charge >= 0.3 is 5.97 Å². The maximum atomic E-state index is 12.9. The number of rotatable bonds is 8. The molecule has 0 spiro atoms. The van der Waals surface area contributed by atoms with E-state index in [0.29, 0.717) is 19.4 Å². The van der Waals surface area contributed by atoms with E-state index in [1.807, 2.05) is 12.1 Å². The van der Waals surface area contributed by atoms with Gasteiger partial charge in [-0.2, -0.15) is 4.31 Å². The number of esters is 1. The number of nitrogens with one attached hydrogen (secondary N) is 1. The molecule has 1 saturated heterocycles. The Labute approximate surface area is 185 Å². The minimum Gasteiger partial charge on any atom is -0.455 e. The summed E-state index contributed by atoms with van der Waals surface area (Å²) in [6.07, 6.45) is 0.722. The number of ether oxygens (including phenoxy) is 2. The Morgan fingerprint density at radius 1 is 1.16 bits per heavy atom. The van der Waals surface area contributed by atoms with Crippen molar-refractivity contribution in [3.8, 4) is 0 Å². The first-order valence-corrected chi connectivity index (χ1v) is 11.9. The maximum Gasteiger partial charge on any atom is 0.309 e. The van der Waals surface area contributed by atoms with Gasteiger partial charge in [0, 0.05) is 26.2 Å². The molecule has 1 unspecified atom stereocenters. The number of amides is 1. The lowest BCUT2D eigenvalue weighted by Gasteiger charge is -2.30. The van der Waals surface area contributed by atoms with Crippen molar-refractivity contribution in [3.63, 3.8) is 0 Å². The van der Waals surface area contributed by atoms with E-state index in [2.05, 4.69) is 26.1 Å². The Bertz CT molecular complexity index is 853. The number of carbonyl (C=O) groups excluding carboxylic acids is 2. The van der Waals surface area contributed by atoms with Crippen molar-refractivity contribution in [1.29, 1.82) is 0 Å². The van der Waals surface area contributed by atoms with Crippen molar-refractivity contribution >= 4 is 21.9 Å². The summed E-state index contributed by atoms with van der Waals surface area (Å²) in [5.74, 6) is -1.28. The van der Waals surface area contributed by atoms with Crippen LogP contribution in [0.25, 0.3) is 0 Å². The lowest BCUT2D eigenvalue weighted by molar-refractivity contribution is -0.153. The fourth-order valence-corrected chi connectivity index (χ4v) is 4.94. The van der Waals surface area contributed by atoms with E-state index in [1.54, 1.807) is 19.1 Å². The zero-order valence-corrected chi connectivity index (χ0v) is 19.8. The fraction of sp³-hybridized carbons (Fsp3) is 0.636. The molecule has 0 saturated carbocycles. The smallest absolute Gasteiger partial charge is 0.309 e. The quantitative estimate of drug-likeness (QED) is 0.604. The topological polar surface area (TPSA) is 102 Å². The highest BCUT2D eigenvalue weighted by Gasteiger charge is 2.33. The minimum atomic E-state index is -3.61. The van der Waals surface area contributed by atoms with Gasteiger partial charge in [0.15, 0.2) is 6.61 Å². The van der Waals surface area contributed by atoms with Crippen LogP contribution in [0.3, 0.4) is 0 Å². The number of piperidine rings is 1. The molecule has 0 aliphatic carbocycles. The van der Waals surface area contributed by atoms with Crippen LogP contribution in [0, 0.1) is 5.92 Å². The van der Waals surface area contributed by atoms with Crippen LogP contribution in [0.5, 0.6) is 0 Å². The molecule has 1 aromatic carbocycles. The van der Waals surface area contributed by atoms with Gasteiger partial charge in [0.05, 0.1) is 17.4 Å². The van der Waals surface area contributed by atoms with Gasteiger partial charge in [0.25, 0.3) is 5.91 Å². The molecule has 174 valence electrons. The molecule has 1 aliphatic heterocycles. The summed E-state index contributed by atoms with van der Waals surface area (Å²) in [6.45, 7) is 8.49. The van der Waals surface area contributed by atoms with Crippen LogP contribution in [0.2, 0.25) is 0 Å². The number of sulfonamides is 1. The van der Waals surface area contributed by atoms with E-state index in [1.165, 1.54) is 11.4 Å². The van der Waals surface area contributed by atoms with E-state index in [9.17, 15) is 18.0 Å². The Morgan fingerprint density at radius 2 is 1.74 bits per heavy atom. The summed E-state index contributed by atoms with van der Waals surface area (Å²) in [6, 6.07) is 6.78. The second kappa shape index (κ2) is 10.6. The Kier molecular flexibility index (Phi) is 8.62. The number of nitrogens with zero attached hydrogens (tertiary/aromatic N) is 1. The van der Waals surface area contributed by atoms with Crippen molar-refractivity contribution in [2.24, 2.45) is 5.92 Å². The largest absolute Gasteiger partial charge is 0.455 e. The molecule has 1 heterocycles. The van der Waals surface area contributed by atoms with Gasteiger partial charge in [-0.25, -0.2) is 8.42 Å². The van der Waals surface area contributed by atoms with Crippen LogP contribution in [0.4, 0.5) is 0 Å². The van der Waals surface area contributed by atoms with Crippen molar-refractivity contribution in [2.75, 3.05) is 33.4 Å². The lowest BCUT2D eigenvalue weighted by atomic mass is 9.87. The molecule has 1 aromatic rings. The summed E-state index contributed by atoms with van der Waals surface area (Å²) in [7, 11) is -2.07. The Hall–Kier alpha value is -1.97. The highest BCUT2D eigenvalue weighted by Crippen LogP contribution is 2.27. The zero-order chi connectivity index (χ0) is 23.2. The van der Waals surface area contributed by atoms with Gasteiger partial charge in [-0.05, 0) is 42.9 Å². The van der Waals surface area contributed by atoms with Gasteiger partial charge in [0.1, 0.15) is 0 Å². The second-order valence-electron chi connectivity index (χ2n) is 8.98. The highest BCUT2D eigenvalue weighted by atomic mass is 32.2. The molecule has 0 bridgehead atoms. The standard InChI is InChI=1S/C22H34N2O6S/c1-16(14-29-5)23-20(25)15-30-21(26)17-10-12-24(13-11-17)31(27,28)19-8-6-18(7-9-19)22(2,3)4/h6-9,16-17H,10-15H2,1-5H3,(H,23,25). The minimum absolute atomic E-state index is 0.0558. The second-order valence-corrected chi connectivity index (χ2v) is 10.9. The molecule has 1 N–H and O–H groups in total. The third kappa shape index (κ3) is 7.02. The summed E-state index contributed by atoms with van der Waals surface area (Å²) in [5.41, 5.74) is 1.01. The summed E-state index contributed by atoms with van der Waals surface area (Å²) < 4.78 is 37.3. The Balaban J connectivity index is 1.87. The number of hydrogen-bond acceptors (Lipinski definition) is 6. The average molecular weight is 455 g/mol. The van der Waals surface area contributed by atoms with Crippen LogP contribution in [0.1, 0.15) is 46.1 Å². The van der Waals surface area contributed by atoms with Crippen molar-refractivity contribution in [1.82, 2.24) is 9.62 Å². The van der Waals surface area contributed by atoms with Crippen molar-refractivity contribution in [2.45, 2.75) is 56.9 Å². The molecule has 1 fully saturated rings. The summed E-state index contributed by atoms with van der Waals surface area (Å²) in [5, 5.41) is 2.67. The van der Waals surface area contributed by atoms with E-state index in [4.69, 9.17) is 9.47 Å². The lowest BCUT2D eigenvalue weighted by Crippen LogP contribution is -2.42. The third-order valence-electron chi connectivity index (χ3n) is 5.31. The zero-order valence-electron chi connectivity index (χ0n) is 19.0. The van der Waals surface area contributed by atoms with Crippen molar-refractivity contribution in [3.05, 3.63) is 29.8 Å². The summed E-state index contributed by atoms with van der Waals surface area (Å²) >= 11 is 0. The van der Waals surface area contributed by atoms with Gasteiger partial charge in [-0.1, -0.05) is 32.9 Å². The van der Waals surface area contributed by atoms with Crippen LogP contribution in [0.15, 0.2) is 29.2 Å². The number of methoxy groups -OCH3 is 1. The molecule has 1 aliphatic rings. The molecular weight excluding hydrogens is 420 g/mol. The number of hydrogen-bond donors (Lipinski definition) is 1. The predicted molar refractivity (Wildman–Crippen MR) is 117 cm³/mol.